The topological polar surface area (TPSA) is 47.7 Å². The average Bonchev–Trinajstić information content (AvgIpc) is 3.02. The van der Waals surface area contributed by atoms with Crippen LogP contribution in [0, 0.1) is 0 Å². The van der Waals surface area contributed by atoms with E-state index >= 15 is 0 Å². The van der Waals surface area contributed by atoms with Crippen LogP contribution in [0.3, 0.4) is 0 Å². The van der Waals surface area contributed by atoms with Crippen LogP contribution in [0.25, 0.3) is 0 Å². The van der Waals surface area contributed by atoms with E-state index in [0.29, 0.717) is 6.04 Å². The molecular weight excluding hydrogens is 238 g/mol. The third kappa shape index (κ3) is 3.44. The first-order valence-corrected chi connectivity index (χ1v) is 6.97. The van der Waals surface area contributed by atoms with Crippen molar-refractivity contribution in [2.24, 2.45) is 7.05 Å². The SMILES string of the molecule is CCNC(CC)c1cnn(CCc2ccnn2C)c1. The Morgan fingerprint density at radius 1 is 1.32 bits per heavy atom. The second kappa shape index (κ2) is 6.52. The van der Waals surface area contributed by atoms with Crippen molar-refractivity contribution in [1.29, 1.82) is 0 Å². The summed E-state index contributed by atoms with van der Waals surface area (Å²) >= 11 is 0. The standard InChI is InChI=1S/C14H23N5/c1-4-14(15-5-2)12-10-17-19(11-12)9-7-13-6-8-16-18(13)3/h6,8,10-11,14-15H,4-5,7,9H2,1-3H3. The van der Waals surface area contributed by atoms with Crippen molar-refractivity contribution in [3.8, 4) is 0 Å². The molecule has 1 atom stereocenters. The molecule has 104 valence electrons. The zero-order valence-corrected chi connectivity index (χ0v) is 12.0. The molecule has 0 fully saturated rings. The van der Waals surface area contributed by atoms with E-state index < -0.39 is 0 Å². The van der Waals surface area contributed by atoms with Gasteiger partial charge in [-0.15, -0.1) is 0 Å². The molecule has 19 heavy (non-hydrogen) atoms. The van der Waals surface area contributed by atoms with E-state index in [0.717, 1.165) is 25.9 Å². The Hall–Kier alpha value is -1.62. The van der Waals surface area contributed by atoms with Gasteiger partial charge in [0, 0.05) is 49.7 Å². The lowest BCUT2D eigenvalue weighted by Crippen LogP contribution is -2.19. The Morgan fingerprint density at radius 2 is 2.16 bits per heavy atom. The third-order valence-electron chi connectivity index (χ3n) is 3.43. The van der Waals surface area contributed by atoms with Gasteiger partial charge in [0.15, 0.2) is 0 Å². The number of nitrogens with one attached hydrogen (secondary N) is 1. The lowest BCUT2D eigenvalue weighted by Gasteiger charge is -2.13. The van der Waals surface area contributed by atoms with E-state index in [1.54, 1.807) is 0 Å². The first kappa shape index (κ1) is 13.8. The molecule has 0 aromatic carbocycles. The highest BCUT2D eigenvalue weighted by Crippen LogP contribution is 2.15. The van der Waals surface area contributed by atoms with Crippen molar-refractivity contribution in [2.45, 2.75) is 39.3 Å². The Morgan fingerprint density at radius 3 is 2.79 bits per heavy atom. The van der Waals surface area contributed by atoms with Crippen LogP contribution in [0.1, 0.15) is 37.6 Å². The van der Waals surface area contributed by atoms with Gasteiger partial charge in [-0.3, -0.25) is 9.36 Å². The normalized spacial score (nSPS) is 12.8. The van der Waals surface area contributed by atoms with E-state index in [2.05, 4.69) is 41.6 Å². The van der Waals surface area contributed by atoms with Crippen LogP contribution >= 0.6 is 0 Å². The number of hydrogen-bond acceptors (Lipinski definition) is 3. The second-order valence-corrected chi connectivity index (χ2v) is 4.75. The molecule has 0 aliphatic rings. The average molecular weight is 261 g/mol. The Bertz CT molecular complexity index is 499. The van der Waals surface area contributed by atoms with Crippen molar-refractivity contribution in [1.82, 2.24) is 24.9 Å². The van der Waals surface area contributed by atoms with Gasteiger partial charge in [-0.05, 0) is 19.0 Å². The molecule has 5 nitrogen and oxygen atoms in total. The molecule has 0 aliphatic carbocycles. The molecule has 0 radical (unpaired) electrons. The van der Waals surface area contributed by atoms with Gasteiger partial charge in [-0.25, -0.2) is 0 Å². The molecule has 2 aromatic heterocycles. The number of rotatable bonds is 7. The first-order valence-electron chi connectivity index (χ1n) is 6.97. The highest BCUT2D eigenvalue weighted by molar-refractivity contribution is 5.10. The van der Waals surface area contributed by atoms with Crippen LogP contribution < -0.4 is 5.32 Å². The maximum Gasteiger partial charge on any atom is 0.0537 e. The maximum atomic E-state index is 4.44. The molecule has 2 heterocycles. The molecule has 0 amide bonds. The highest BCUT2D eigenvalue weighted by atomic mass is 15.3. The molecule has 0 saturated heterocycles. The fraction of sp³-hybridized carbons (Fsp3) is 0.571. The first-order chi connectivity index (χ1) is 9.24. The monoisotopic (exact) mass is 261 g/mol. The highest BCUT2D eigenvalue weighted by Gasteiger charge is 2.10. The molecule has 1 unspecified atom stereocenters. The van der Waals surface area contributed by atoms with E-state index in [-0.39, 0.29) is 0 Å². The Balaban J connectivity index is 1.95. The van der Waals surface area contributed by atoms with Crippen molar-refractivity contribution < 1.29 is 0 Å². The largest absolute Gasteiger partial charge is 0.310 e. The number of aryl methyl sites for hydroxylation is 3. The zero-order chi connectivity index (χ0) is 13.7. The maximum absolute atomic E-state index is 4.44. The van der Waals surface area contributed by atoms with Crippen molar-refractivity contribution in [3.05, 3.63) is 35.9 Å². The number of aromatic nitrogens is 4. The number of nitrogens with zero attached hydrogens (tertiary/aromatic N) is 4. The lowest BCUT2D eigenvalue weighted by atomic mass is 10.1. The molecule has 0 saturated carbocycles. The van der Waals surface area contributed by atoms with Crippen LogP contribution in [-0.4, -0.2) is 26.1 Å². The summed E-state index contributed by atoms with van der Waals surface area (Å²) in [4.78, 5) is 0. The molecule has 1 N–H and O–H groups in total. The summed E-state index contributed by atoms with van der Waals surface area (Å²) in [6, 6.07) is 2.47. The molecule has 5 heteroatoms. The minimum atomic E-state index is 0.412. The quantitative estimate of drug-likeness (QED) is 0.828. The van der Waals surface area contributed by atoms with Gasteiger partial charge >= 0.3 is 0 Å². The van der Waals surface area contributed by atoms with E-state index in [1.807, 2.05) is 28.8 Å². The summed E-state index contributed by atoms with van der Waals surface area (Å²) in [5.41, 5.74) is 2.50. The fourth-order valence-electron chi connectivity index (χ4n) is 2.30. The van der Waals surface area contributed by atoms with Gasteiger partial charge in [-0.1, -0.05) is 13.8 Å². The van der Waals surface area contributed by atoms with Gasteiger partial charge in [-0.2, -0.15) is 10.2 Å². The van der Waals surface area contributed by atoms with Crippen LogP contribution in [0.5, 0.6) is 0 Å². The van der Waals surface area contributed by atoms with Gasteiger partial charge in [0.1, 0.15) is 0 Å². The van der Waals surface area contributed by atoms with Gasteiger partial charge in [0.2, 0.25) is 0 Å². The third-order valence-corrected chi connectivity index (χ3v) is 3.43. The van der Waals surface area contributed by atoms with Crippen LogP contribution in [0.15, 0.2) is 24.7 Å². The van der Waals surface area contributed by atoms with Crippen molar-refractivity contribution >= 4 is 0 Å². The Labute approximate surface area is 114 Å². The second-order valence-electron chi connectivity index (χ2n) is 4.75. The summed E-state index contributed by atoms with van der Waals surface area (Å²) in [6.45, 7) is 6.20. The Kier molecular flexibility index (Phi) is 4.74. The molecular formula is C14H23N5. The van der Waals surface area contributed by atoms with Gasteiger partial charge < -0.3 is 5.32 Å². The summed E-state index contributed by atoms with van der Waals surface area (Å²) in [5.74, 6) is 0. The minimum absolute atomic E-state index is 0.412. The van der Waals surface area contributed by atoms with Crippen molar-refractivity contribution in [3.63, 3.8) is 0 Å². The van der Waals surface area contributed by atoms with Crippen LogP contribution in [0.2, 0.25) is 0 Å². The number of hydrogen-bond donors (Lipinski definition) is 1. The van der Waals surface area contributed by atoms with Crippen molar-refractivity contribution in [2.75, 3.05) is 6.54 Å². The predicted octanol–water partition coefficient (Wildman–Crippen LogP) is 1.92. The summed E-state index contributed by atoms with van der Waals surface area (Å²) < 4.78 is 3.93. The zero-order valence-electron chi connectivity index (χ0n) is 12.0. The predicted molar refractivity (Wildman–Crippen MR) is 75.8 cm³/mol. The minimum Gasteiger partial charge on any atom is -0.310 e. The molecule has 2 aromatic rings. The van der Waals surface area contributed by atoms with E-state index in [9.17, 15) is 0 Å². The molecule has 0 aliphatic heterocycles. The smallest absolute Gasteiger partial charge is 0.0537 e. The fourth-order valence-corrected chi connectivity index (χ4v) is 2.30. The summed E-state index contributed by atoms with van der Waals surface area (Å²) in [5, 5.41) is 12.1. The van der Waals surface area contributed by atoms with Crippen LogP contribution in [0.4, 0.5) is 0 Å². The van der Waals surface area contributed by atoms with Gasteiger partial charge in [0.05, 0.1) is 6.20 Å². The summed E-state index contributed by atoms with van der Waals surface area (Å²) in [7, 11) is 1.97. The lowest BCUT2D eigenvalue weighted by molar-refractivity contribution is 0.534. The summed E-state index contributed by atoms with van der Waals surface area (Å²) in [6.07, 6.45) is 7.99. The molecule has 0 spiro atoms. The van der Waals surface area contributed by atoms with E-state index in [4.69, 9.17) is 0 Å². The van der Waals surface area contributed by atoms with Gasteiger partial charge in [0.25, 0.3) is 0 Å². The molecule has 2 rings (SSSR count). The molecule has 0 bridgehead atoms. The van der Waals surface area contributed by atoms with Crippen LogP contribution in [-0.2, 0) is 20.0 Å². The van der Waals surface area contributed by atoms with E-state index in [1.165, 1.54) is 11.3 Å².